The SMILES string of the molecule is COC(=O)c1ccccc1C=C1C(=O)OC(C)(C)OC1=O. The normalized spacial score (nSPS) is 16.8. The molecule has 0 saturated carbocycles. The molecule has 6 heteroatoms. The van der Waals surface area contributed by atoms with Crippen molar-refractivity contribution in [3.63, 3.8) is 0 Å². The van der Waals surface area contributed by atoms with Crippen LogP contribution in [0.25, 0.3) is 6.08 Å². The van der Waals surface area contributed by atoms with Crippen molar-refractivity contribution in [3.05, 3.63) is 41.0 Å². The van der Waals surface area contributed by atoms with Gasteiger partial charge in [0.15, 0.2) is 0 Å². The Morgan fingerprint density at radius 1 is 1.14 bits per heavy atom. The van der Waals surface area contributed by atoms with Gasteiger partial charge in [-0.3, -0.25) is 0 Å². The quantitative estimate of drug-likeness (QED) is 0.468. The number of carbonyl (C=O) groups excluding carboxylic acids is 3. The van der Waals surface area contributed by atoms with Crippen molar-refractivity contribution in [2.24, 2.45) is 0 Å². The lowest BCUT2D eigenvalue weighted by molar-refractivity contribution is -0.222. The lowest BCUT2D eigenvalue weighted by Gasteiger charge is -2.29. The van der Waals surface area contributed by atoms with Crippen LogP contribution in [0.5, 0.6) is 0 Å². The van der Waals surface area contributed by atoms with Crippen molar-refractivity contribution >= 4 is 24.0 Å². The van der Waals surface area contributed by atoms with Crippen LogP contribution in [-0.2, 0) is 23.8 Å². The fourth-order valence-electron chi connectivity index (χ4n) is 1.85. The Balaban J connectivity index is 2.43. The minimum Gasteiger partial charge on any atom is -0.465 e. The minimum atomic E-state index is -1.30. The molecule has 0 aliphatic carbocycles. The third-order valence-electron chi connectivity index (χ3n) is 2.78. The third-order valence-corrected chi connectivity index (χ3v) is 2.78. The number of esters is 3. The predicted molar refractivity (Wildman–Crippen MR) is 72.0 cm³/mol. The van der Waals surface area contributed by atoms with Crippen LogP contribution in [-0.4, -0.2) is 30.8 Å². The number of cyclic esters (lactones) is 2. The number of benzene rings is 1. The van der Waals surface area contributed by atoms with E-state index in [2.05, 4.69) is 4.74 Å². The Hall–Kier alpha value is -2.63. The first-order chi connectivity index (χ1) is 9.84. The molecule has 1 heterocycles. The number of hydrogen-bond acceptors (Lipinski definition) is 6. The molecule has 1 aliphatic heterocycles. The molecule has 0 amide bonds. The van der Waals surface area contributed by atoms with Gasteiger partial charge >= 0.3 is 17.9 Å². The van der Waals surface area contributed by atoms with Crippen LogP contribution >= 0.6 is 0 Å². The first-order valence-electron chi connectivity index (χ1n) is 6.20. The van der Waals surface area contributed by atoms with E-state index in [1.165, 1.54) is 33.1 Å². The van der Waals surface area contributed by atoms with E-state index < -0.39 is 23.7 Å². The molecule has 1 aliphatic rings. The molecule has 0 bridgehead atoms. The fourth-order valence-corrected chi connectivity index (χ4v) is 1.85. The van der Waals surface area contributed by atoms with Crippen LogP contribution in [0.3, 0.4) is 0 Å². The maximum atomic E-state index is 11.9. The first-order valence-corrected chi connectivity index (χ1v) is 6.20. The average Bonchev–Trinajstić information content (AvgIpc) is 2.41. The molecule has 6 nitrogen and oxygen atoms in total. The molecule has 21 heavy (non-hydrogen) atoms. The van der Waals surface area contributed by atoms with Gasteiger partial charge in [-0.25, -0.2) is 14.4 Å². The van der Waals surface area contributed by atoms with E-state index in [-0.39, 0.29) is 11.1 Å². The molecular formula is C15H14O6. The summed E-state index contributed by atoms with van der Waals surface area (Å²) in [5, 5.41) is 0. The van der Waals surface area contributed by atoms with Gasteiger partial charge in [-0.05, 0) is 17.7 Å². The summed E-state index contributed by atoms with van der Waals surface area (Å²) in [7, 11) is 1.25. The zero-order valence-corrected chi connectivity index (χ0v) is 11.8. The summed E-state index contributed by atoms with van der Waals surface area (Å²) in [5.41, 5.74) is 0.330. The van der Waals surface area contributed by atoms with Crippen LogP contribution in [0.15, 0.2) is 29.8 Å². The number of methoxy groups -OCH3 is 1. The van der Waals surface area contributed by atoms with Gasteiger partial charge < -0.3 is 14.2 Å². The van der Waals surface area contributed by atoms with Crippen molar-refractivity contribution in [2.75, 3.05) is 7.11 Å². The van der Waals surface area contributed by atoms with Gasteiger partial charge in [-0.2, -0.15) is 0 Å². The Morgan fingerprint density at radius 2 is 1.71 bits per heavy atom. The summed E-state index contributed by atoms with van der Waals surface area (Å²) in [4.78, 5) is 35.4. The smallest absolute Gasteiger partial charge is 0.348 e. The Morgan fingerprint density at radius 3 is 2.29 bits per heavy atom. The highest BCUT2D eigenvalue weighted by molar-refractivity contribution is 6.19. The average molecular weight is 290 g/mol. The minimum absolute atomic E-state index is 0.234. The van der Waals surface area contributed by atoms with E-state index in [9.17, 15) is 14.4 Å². The van der Waals surface area contributed by atoms with Gasteiger partial charge in [-0.1, -0.05) is 18.2 Å². The van der Waals surface area contributed by atoms with Gasteiger partial charge in [0.1, 0.15) is 5.57 Å². The summed E-state index contributed by atoms with van der Waals surface area (Å²) < 4.78 is 14.6. The van der Waals surface area contributed by atoms with Gasteiger partial charge in [0.2, 0.25) is 0 Å². The van der Waals surface area contributed by atoms with E-state index in [0.29, 0.717) is 5.56 Å². The van der Waals surface area contributed by atoms with Gasteiger partial charge in [0.25, 0.3) is 5.79 Å². The van der Waals surface area contributed by atoms with E-state index in [4.69, 9.17) is 9.47 Å². The predicted octanol–water partition coefficient (Wildman–Crippen LogP) is 1.69. The molecule has 0 aromatic heterocycles. The van der Waals surface area contributed by atoms with Gasteiger partial charge in [-0.15, -0.1) is 0 Å². The lowest BCUT2D eigenvalue weighted by Crippen LogP contribution is -2.41. The van der Waals surface area contributed by atoms with Crippen LogP contribution in [0, 0.1) is 0 Å². The largest absolute Gasteiger partial charge is 0.465 e. The molecule has 0 unspecified atom stereocenters. The Kier molecular flexibility index (Phi) is 3.80. The summed E-state index contributed by atoms with van der Waals surface area (Å²) in [6.07, 6.45) is 1.26. The van der Waals surface area contributed by atoms with Crippen LogP contribution in [0.2, 0.25) is 0 Å². The van der Waals surface area contributed by atoms with Crippen molar-refractivity contribution in [1.82, 2.24) is 0 Å². The number of rotatable bonds is 2. The van der Waals surface area contributed by atoms with Gasteiger partial charge in [0.05, 0.1) is 12.7 Å². The molecule has 0 spiro atoms. The molecule has 0 atom stereocenters. The Bertz CT molecular complexity index is 619. The molecule has 1 fully saturated rings. The second-order valence-corrected chi connectivity index (χ2v) is 4.82. The summed E-state index contributed by atoms with van der Waals surface area (Å²) in [6.45, 7) is 2.92. The van der Waals surface area contributed by atoms with Crippen LogP contribution in [0.1, 0.15) is 29.8 Å². The van der Waals surface area contributed by atoms with Crippen molar-refractivity contribution in [2.45, 2.75) is 19.6 Å². The van der Waals surface area contributed by atoms with E-state index in [1.807, 2.05) is 0 Å². The zero-order chi connectivity index (χ0) is 15.6. The molecule has 2 rings (SSSR count). The van der Waals surface area contributed by atoms with Crippen LogP contribution in [0.4, 0.5) is 0 Å². The maximum Gasteiger partial charge on any atom is 0.348 e. The molecule has 1 aromatic rings. The molecule has 110 valence electrons. The topological polar surface area (TPSA) is 78.9 Å². The molecule has 0 N–H and O–H groups in total. The highest BCUT2D eigenvalue weighted by Crippen LogP contribution is 2.25. The van der Waals surface area contributed by atoms with Crippen molar-refractivity contribution in [1.29, 1.82) is 0 Å². The Labute approximate surface area is 121 Å². The number of carbonyl (C=O) groups is 3. The van der Waals surface area contributed by atoms with E-state index in [1.54, 1.807) is 18.2 Å². The monoisotopic (exact) mass is 290 g/mol. The van der Waals surface area contributed by atoms with Crippen molar-refractivity contribution < 1.29 is 28.6 Å². The second kappa shape index (κ2) is 5.40. The van der Waals surface area contributed by atoms with Gasteiger partial charge in [0, 0.05) is 13.8 Å². The summed E-state index contributed by atoms with van der Waals surface area (Å²) >= 11 is 0. The standard InChI is InChI=1S/C15H14O6/c1-15(2)20-13(17)11(14(18)21-15)8-9-6-4-5-7-10(9)12(16)19-3/h4-8H,1-3H3. The zero-order valence-electron chi connectivity index (χ0n) is 11.8. The number of ether oxygens (including phenoxy) is 3. The molecular weight excluding hydrogens is 276 g/mol. The lowest BCUT2D eigenvalue weighted by atomic mass is 10.0. The first kappa shape index (κ1) is 14.8. The summed E-state index contributed by atoms with van der Waals surface area (Å²) in [5.74, 6) is -3.46. The van der Waals surface area contributed by atoms with E-state index >= 15 is 0 Å². The molecule has 0 radical (unpaired) electrons. The fraction of sp³-hybridized carbons (Fsp3) is 0.267. The van der Waals surface area contributed by atoms with Crippen LogP contribution < -0.4 is 0 Å². The molecule has 1 aromatic carbocycles. The van der Waals surface area contributed by atoms with E-state index in [0.717, 1.165) is 0 Å². The third kappa shape index (κ3) is 3.10. The molecule has 1 saturated heterocycles. The highest BCUT2D eigenvalue weighted by Gasteiger charge is 2.39. The maximum absolute atomic E-state index is 11.9. The highest BCUT2D eigenvalue weighted by atomic mass is 16.7. The van der Waals surface area contributed by atoms with Crippen molar-refractivity contribution in [3.8, 4) is 0 Å². The number of hydrogen-bond donors (Lipinski definition) is 0. The second-order valence-electron chi connectivity index (χ2n) is 4.82. The summed E-state index contributed by atoms with van der Waals surface area (Å²) in [6, 6.07) is 6.43.